The molecule has 0 aliphatic carbocycles. The van der Waals surface area contributed by atoms with E-state index in [1.807, 2.05) is 38.1 Å². The topological polar surface area (TPSA) is 81.4 Å². The zero-order valence-electron chi connectivity index (χ0n) is 12.6. The smallest absolute Gasteiger partial charge is 0.150 e. The quantitative estimate of drug-likeness (QED) is 0.618. The highest BCUT2D eigenvalue weighted by Crippen LogP contribution is 2.33. The molecule has 2 unspecified atom stereocenters. The molecule has 118 valence electrons. The van der Waals surface area contributed by atoms with E-state index in [0.717, 1.165) is 11.3 Å². The van der Waals surface area contributed by atoms with Crippen LogP contribution in [0.25, 0.3) is 0 Å². The maximum absolute atomic E-state index is 11.6. The number of hydrazine groups is 1. The molecule has 2 rings (SSSR count). The van der Waals surface area contributed by atoms with Gasteiger partial charge < -0.3 is 4.74 Å². The maximum Gasteiger partial charge on any atom is 0.150 e. The Morgan fingerprint density at radius 2 is 2.10 bits per heavy atom. The van der Waals surface area contributed by atoms with Crippen molar-refractivity contribution >= 4 is 9.84 Å². The van der Waals surface area contributed by atoms with Gasteiger partial charge in [-0.15, -0.1) is 0 Å². The summed E-state index contributed by atoms with van der Waals surface area (Å²) in [6, 6.07) is 7.67. The van der Waals surface area contributed by atoms with E-state index in [1.165, 1.54) is 0 Å². The monoisotopic (exact) mass is 312 g/mol. The molecule has 0 saturated carbocycles. The molecular weight excluding hydrogens is 288 g/mol. The highest BCUT2D eigenvalue weighted by molar-refractivity contribution is 7.91. The lowest BCUT2D eigenvalue weighted by atomic mass is 9.94. The van der Waals surface area contributed by atoms with Crippen LogP contribution in [0.1, 0.15) is 38.3 Å². The van der Waals surface area contributed by atoms with Gasteiger partial charge in [-0.2, -0.15) is 0 Å². The average Bonchev–Trinajstić information content (AvgIpc) is 2.75. The van der Waals surface area contributed by atoms with Crippen molar-refractivity contribution in [3.8, 4) is 5.75 Å². The molecule has 0 radical (unpaired) electrons. The molecule has 2 atom stereocenters. The zero-order chi connectivity index (χ0) is 15.5. The molecule has 1 aromatic rings. The summed E-state index contributed by atoms with van der Waals surface area (Å²) < 4.78 is 29.0. The summed E-state index contributed by atoms with van der Waals surface area (Å²) in [4.78, 5) is 0. The van der Waals surface area contributed by atoms with E-state index in [1.54, 1.807) is 0 Å². The molecule has 1 heterocycles. The van der Waals surface area contributed by atoms with Crippen LogP contribution in [0, 0.1) is 5.92 Å². The number of ether oxygens (including phenoxy) is 1. The van der Waals surface area contributed by atoms with Gasteiger partial charge in [0.15, 0.2) is 9.84 Å². The molecule has 6 heteroatoms. The Bertz CT molecular complexity index is 572. The largest absolute Gasteiger partial charge is 0.491 e. The van der Waals surface area contributed by atoms with E-state index in [4.69, 9.17) is 10.6 Å². The fourth-order valence-corrected chi connectivity index (χ4v) is 4.69. The SMILES string of the molecule is CC(C)Oc1ccccc1C(CC1CCS(=O)(=O)C1)NN. The lowest BCUT2D eigenvalue weighted by Crippen LogP contribution is -2.30. The predicted octanol–water partition coefficient (Wildman–Crippen LogP) is 1.80. The van der Waals surface area contributed by atoms with E-state index in [0.29, 0.717) is 18.6 Å². The van der Waals surface area contributed by atoms with Gasteiger partial charge in [0.2, 0.25) is 0 Å². The molecule has 0 bridgehead atoms. The predicted molar refractivity (Wildman–Crippen MR) is 83.6 cm³/mol. The van der Waals surface area contributed by atoms with Gasteiger partial charge >= 0.3 is 0 Å². The molecule has 1 fully saturated rings. The Labute approximate surface area is 126 Å². The minimum Gasteiger partial charge on any atom is -0.491 e. The summed E-state index contributed by atoms with van der Waals surface area (Å²) >= 11 is 0. The number of sulfone groups is 1. The van der Waals surface area contributed by atoms with Gasteiger partial charge in [0.05, 0.1) is 17.6 Å². The van der Waals surface area contributed by atoms with Gasteiger partial charge in [0.1, 0.15) is 5.75 Å². The number of hydrogen-bond acceptors (Lipinski definition) is 5. The molecule has 0 spiro atoms. The summed E-state index contributed by atoms with van der Waals surface area (Å²) in [7, 11) is -2.86. The first-order valence-electron chi connectivity index (χ1n) is 7.33. The second kappa shape index (κ2) is 6.77. The van der Waals surface area contributed by atoms with Crippen LogP contribution in [-0.2, 0) is 9.84 Å². The van der Waals surface area contributed by atoms with E-state index >= 15 is 0 Å². The Kier molecular flexibility index (Phi) is 5.24. The maximum atomic E-state index is 11.6. The van der Waals surface area contributed by atoms with Crippen LogP contribution in [0.15, 0.2) is 24.3 Å². The van der Waals surface area contributed by atoms with Crippen molar-refractivity contribution in [2.45, 2.75) is 38.8 Å². The van der Waals surface area contributed by atoms with Gasteiger partial charge in [-0.05, 0) is 38.7 Å². The molecule has 1 saturated heterocycles. The molecule has 1 aliphatic heterocycles. The van der Waals surface area contributed by atoms with Gasteiger partial charge in [-0.1, -0.05) is 18.2 Å². The Hall–Kier alpha value is -1.11. The third-order valence-corrected chi connectivity index (χ3v) is 5.59. The third kappa shape index (κ3) is 4.43. The number of rotatable bonds is 6. The summed E-state index contributed by atoms with van der Waals surface area (Å²) in [6.45, 7) is 3.95. The van der Waals surface area contributed by atoms with Crippen molar-refractivity contribution in [3.63, 3.8) is 0 Å². The highest BCUT2D eigenvalue weighted by Gasteiger charge is 2.30. The van der Waals surface area contributed by atoms with Gasteiger partial charge in [0, 0.05) is 11.6 Å². The van der Waals surface area contributed by atoms with Crippen molar-refractivity contribution in [2.24, 2.45) is 11.8 Å². The van der Waals surface area contributed by atoms with Crippen LogP contribution in [0.2, 0.25) is 0 Å². The first-order chi connectivity index (χ1) is 9.91. The second-order valence-corrected chi connectivity index (χ2v) is 8.16. The van der Waals surface area contributed by atoms with Crippen LogP contribution in [0.3, 0.4) is 0 Å². The van der Waals surface area contributed by atoms with Crippen LogP contribution in [0.4, 0.5) is 0 Å². The number of nitrogens with one attached hydrogen (secondary N) is 1. The van der Waals surface area contributed by atoms with Crippen molar-refractivity contribution in [1.29, 1.82) is 0 Å². The normalized spacial score (nSPS) is 22.4. The molecule has 5 nitrogen and oxygen atoms in total. The number of hydrogen-bond donors (Lipinski definition) is 2. The first kappa shape index (κ1) is 16.3. The Morgan fingerprint density at radius 1 is 1.38 bits per heavy atom. The van der Waals surface area contributed by atoms with Gasteiger partial charge in [0.25, 0.3) is 0 Å². The van der Waals surface area contributed by atoms with Crippen LogP contribution in [-0.4, -0.2) is 26.0 Å². The van der Waals surface area contributed by atoms with Crippen LogP contribution >= 0.6 is 0 Å². The van der Waals surface area contributed by atoms with E-state index in [-0.39, 0.29) is 23.8 Å². The van der Waals surface area contributed by atoms with Crippen molar-refractivity contribution in [3.05, 3.63) is 29.8 Å². The van der Waals surface area contributed by atoms with E-state index < -0.39 is 9.84 Å². The molecule has 3 N–H and O–H groups in total. The Morgan fingerprint density at radius 3 is 2.67 bits per heavy atom. The molecular formula is C15H24N2O3S. The van der Waals surface area contributed by atoms with Crippen molar-refractivity contribution < 1.29 is 13.2 Å². The summed E-state index contributed by atoms with van der Waals surface area (Å²) in [5.41, 5.74) is 3.80. The molecule has 0 amide bonds. The highest BCUT2D eigenvalue weighted by atomic mass is 32.2. The second-order valence-electron chi connectivity index (χ2n) is 5.93. The zero-order valence-corrected chi connectivity index (χ0v) is 13.4. The number of para-hydroxylation sites is 1. The summed E-state index contributed by atoms with van der Waals surface area (Å²) in [5.74, 6) is 7.21. The lowest BCUT2D eigenvalue weighted by Gasteiger charge is -2.23. The van der Waals surface area contributed by atoms with Crippen molar-refractivity contribution in [2.75, 3.05) is 11.5 Å². The van der Waals surface area contributed by atoms with Gasteiger partial charge in [-0.25, -0.2) is 8.42 Å². The van der Waals surface area contributed by atoms with Crippen molar-refractivity contribution in [1.82, 2.24) is 5.43 Å². The molecule has 1 aromatic carbocycles. The minimum absolute atomic E-state index is 0.0800. The lowest BCUT2D eigenvalue weighted by molar-refractivity contribution is 0.236. The average molecular weight is 312 g/mol. The summed E-state index contributed by atoms with van der Waals surface area (Å²) in [6.07, 6.45) is 1.50. The van der Waals surface area contributed by atoms with Crippen LogP contribution < -0.4 is 16.0 Å². The number of nitrogens with two attached hydrogens (primary N) is 1. The molecule has 1 aliphatic rings. The molecule has 0 aromatic heterocycles. The standard InChI is InChI=1S/C15H24N2O3S/c1-11(2)20-15-6-4-3-5-13(15)14(17-16)9-12-7-8-21(18,19)10-12/h3-6,11-12,14,17H,7-10,16H2,1-2H3. The van der Waals surface area contributed by atoms with E-state index in [9.17, 15) is 8.42 Å². The minimum atomic E-state index is -2.86. The number of benzene rings is 1. The fourth-order valence-electron chi connectivity index (χ4n) is 2.81. The fraction of sp³-hybridized carbons (Fsp3) is 0.600. The van der Waals surface area contributed by atoms with Crippen LogP contribution in [0.5, 0.6) is 5.75 Å². The molecule has 21 heavy (non-hydrogen) atoms. The van der Waals surface area contributed by atoms with E-state index in [2.05, 4.69) is 5.43 Å². The third-order valence-electron chi connectivity index (χ3n) is 3.75. The summed E-state index contributed by atoms with van der Waals surface area (Å²) in [5, 5.41) is 0. The first-order valence-corrected chi connectivity index (χ1v) is 9.15. The van der Waals surface area contributed by atoms with Gasteiger partial charge in [-0.3, -0.25) is 11.3 Å². The Balaban J connectivity index is 2.14.